The average molecular weight is 328 g/mol. The Hall–Kier alpha value is -3.16. The number of hydrogen-bond donors (Lipinski definition) is 3. The van der Waals surface area contributed by atoms with Crippen LogP contribution in [0.5, 0.6) is 5.75 Å². The number of fused-ring (bicyclic) bond motifs is 1. The quantitative estimate of drug-likeness (QED) is 0.740. The molecule has 1 aromatic heterocycles. The lowest BCUT2D eigenvalue weighted by molar-refractivity contribution is -0.125. The molecular weight excluding hydrogens is 312 g/mol. The van der Waals surface area contributed by atoms with Crippen LogP contribution in [0.1, 0.15) is 23.7 Å². The summed E-state index contributed by atoms with van der Waals surface area (Å²) in [7, 11) is 1.37. The molecule has 0 bridgehead atoms. The number of nitrogens with zero attached hydrogens (tertiary/aromatic N) is 1. The molecule has 8 heteroatoms. The molecule has 1 aliphatic rings. The molecule has 0 radical (unpaired) electrons. The smallest absolute Gasteiger partial charge is 0.293 e. The second kappa shape index (κ2) is 6.53. The van der Waals surface area contributed by atoms with Gasteiger partial charge in [0.2, 0.25) is 17.6 Å². The maximum atomic E-state index is 12.1. The molecule has 2 heterocycles. The van der Waals surface area contributed by atoms with E-state index in [0.29, 0.717) is 5.82 Å². The normalized spacial score (nSPS) is 15.5. The highest BCUT2D eigenvalue weighted by Gasteiger charge is 2.31. The number of aromatic nitrogens is 2. The number of hydrogen-bond acceptors (Lipinski definition) is 5. The molecule has 1 unspecified atom stereocenters. The van der Waals surface area contributed by atoms with Crippen molar-refractivity contribution >= 4 is 17.5 Å². The Bertz CT molecular complexity index is 846. The summed E-state index contributed by atoms with van der Waals surface area (Å²) in [6, 6.07) is 7.29. The molecule has 3 rings (SSSR count). The summed E-state index contributed by atoms with van der Waals surface area (Å²) in [4.78, 5) is 42.2. The Balaban J connectivity index is 1.61. The van der Waals surface area contributed by atoms with Crippen molar-refractivity contribution in [1.82, 2.24) is 15.3 Å². The zero-order chi connectivity index (χ0) is 17.1. The van der Waals surface area contributed by atoms with E-state index in [2.05, 4.69) is 20.6 Å². The first-order valence-electron chi connectivity index (χ1n) is 7.37. The molecule has 0 spiro atoms. The number of aromatic amines is 1. The highest BCUT2D eigenvalue weighted by Crippen LogP contribution is 2.34. The van der Waals surface area contributed by atoms with Crippen LogP contribution in [0.25, 0.3) is 0 Å². The van der Waals surface area contributed by atoms with Crippen LogP contribution in [0.4, 0.5) is 5.69 Å². The Morgan fingerprint density at radius 2 is 2.12 bits per heavy atom. The maximum Gasteiger partial charge on any atom is 0.293 e. The number of amides is 2. The molecule has 0 aliphatic carbocycles. The van der Waals surface area contributed by atoms with Gasteiger partial charge in [-0.15, -0.1) is 0 Å². The zero-order valence-electron chi connectivity index (χ0n) is 13.0. The summed E-state index contributed by atoms with van der Waals surface area (Å²) < 4.78 is 4.82. The lowest BCUT2D eigenvalue weighted by Crippen LogP contribution is -2.28. The third kappa shape index (κ3) is 3.12. The minimum absolute atomic E-state index is 0.0310. The van der Waals surface area contributed by atoms with Crippen LogP contribution < -0.4 is 20.9 Å². The van der Waals surface area contributed by atoms with Crippen LogP contribution in [-0.4, -0.2) is 28.9 Å². The molecule has 124 valence electrons. The number of carbonyl (C=O) groups is 2. The first kappa shape index (κ1) is 15.7. The van der Waals surface area contributed by atoms with Crippen molar-refractivity contribution in [3.63, 3.8) is 0 Å². The largest absolute Gasteiger partial charge is 0.490 e. The van der Waals surface area contributed by atoms with Gasteiger partial charge in [0, 0.05) is 12.1 Å². The summed E-state index contributed by atoms with van der Waals surface area (Å²) in [5.74, 6) is -0.591. The van der Waals surface area contributed by atoms with Crippen LogP contribution in [0, 0.1) is 0 Å². The molecule has 2 amide bonds. The fourth-order valence-corrected chi connectivity index (χ4v) is 2.57. The van der Waals surface area contributed by atoms with Crippen molar-refractivity contribution < 1.29 is 14.3 Å². The first-order chi connectivity index (χ1) is 11.6. The summed E-state index contributed by atoms with van der Waals surface area (Å²) in [5.41, 5.74) is 1.14. The van der Waals surface area contributed by atoms with Gasteiger partial charge in [0.15, 0.2) is 0 Å². The van der Waals surface area contributed by atoms with Gasteiger partial charge in [-0.3, -0.25) is 14.4 Å². The Labute approximate surface area is 137 Å². The number of para-hydroxylation sites is 1. The van der Waals surface area contributed by atoms with Crippen molar-refractivity contribution in [1.29, 1.82) is 0 Å². The predicted octanol–water partition coefficient (Wildman–Crippen LogP) is 0.521. The van der Waals surface area contributed by atoms with E-state index in [1.165, 1.54) is 13.3 Å². The summed E-state index contributed by atoms with van der Waals surface area (Å²) in [5, 5.41) is 5.40. The van der Waals surface area contributed by atoms with Gasteiger partial charge in [-0.25, -0.2) is 4.98 Å². The second-order valence-electron chi connectivity index (χ2n) is 5.34. The third-order valence-electron chi connectivity index (χ3n) is 3.79. The zero-order valence-corrected chi connectivity index (χ0v) is 13.0. The molecule has 2 aromatic rings. The maximum absolute atomic E-state index is 12.1. The highest BCUT2D eigenvalue weighted by molar-refractivity contribution is 6.04. The van der Waals surface area contributed by atoms with Crippen molar-refractivity contribution in [2.45, 2.75) is 18.9 Å². The fourth-order valence-electron chi connectivity index (χ4n) is 2.57. The van der Waals surface area contributed by atoms with Crippen molar-refractivity contribution in [3.05, 3.63) is 52.2 Å². The SMILES string of the molecule is COc1cnc(CNC(=O)CC2C(=O)Nc3ccccc32)[nH]c1=O. The van der Waals surface area contributed by atoms with E-state index < -0.39 is 11.5 Å². The number of ether oxygens (including phenoxy) is 1. The van der Waals surface area contributed by atoms with Crippen LogP contribution in [0.2, 0.25) is 0 Å². The van der Waals surface area contributed by atoms with Gasteiger partial charge >= 0.3 is 0 Å². The predicted molar refractivity (Wildman–Crippen MR) is 85.7 cm³/mol. The molecule has 0 saturated carbocycles. The lowest BCUT2D eigenvalue weighted by Gasteiger charge is -2.09. The Morgan fingerprint density at radius 3 is 2.88 bits per heavy atom. The van der Waals surface area contributed by atoms with Crippen molar-refractivity contribution in [3.8, 4) is 5.75 Å². The van der Waals surface area contributed by atoms with E-state index in [1.807, 2.05) is 18.2 Å². The van der Waals surface area contributed by atoms with E-state index in [-0.39, 0.29) is 30.5 Å². The molecule has 1 atom stereocenters. The van der Waals surface area contributed by atoms with Crippen molar-refractivity contribution in [2.24, 2.45) is 0 Å². The topological polar surface area (TPSA) is 113 Å². The van der Waals surface area contributed by atoms with Gasteiger partial charge < -0.3 is 20.4 Å². The van der Waals surface area contributed by atoms with Gasteiger partial charge in [0.1, 0.15) is 5.82 Å². The molecule has 8 nitrogen and oxygen atoms in total. The number of H-pyrrole nitrogens is 1. The van der Waals surface area contributed by atoms with E-state index >= 15 is 0 Å². The number of nitrogens with one attached hydrogen (secondary N) is 3. The molecule has 1 aliphatic heterocycles. The molecule has 0 saturated heterocycles. The number of rotatable bonds is 5. The lowest BCUT2D eigenvalue weighted by atomic mass is 9.97. The average Bonchev–Trinajstić information content (AvgIpc) is 2.89. The summed E-state index contributed by atoms with van der Waals surface area (Å²) >= 11 is 0. The van der Waals surface area contributed by atoms with E-state index in [9.17, 15) is 14.4 Å². The second-order valence-corrected chi connectivity index (χ2v) is 5.34. The molecule has 24 heavy (non-hydrogen) atoms. The monoisotopic (exact) mass is 328 g/mol. The number of methoxy groups -OCH3 is 1. The van der Waals surface area contributed by atoms with Crippen LogP contribution >= 0.6 is 0 Å². The minimum Gasteiger partial charge on any atom is -0.490 e. The van der Waals surface area contributed by atoms with E-state index in [4.69, 9.17) is 4.74 Å². The van der Waals surface area contributed by atoms with Gasteiger partial charge in [-0.05, 0) is 11.6 Å². The van der Waals surface area contributed by atoms with Crippen LogP contribution in [-0.2, 0) is 16.1 Å². The van der Waals surface area contributed by atoms with Crippen molar-refractivity contribution in [2.75, 3.05) is 12.4 Å². The number of carbonyl (C=O) groups excluding carboxylic acids is 2. The minimum atomic E-state index is -0.510. The summed E-state index contributed by atoms with van der Waals surface area (Å²) in [6.07, 6.45) is 1.32. The first-order valence-corrected chi connectivity index (χ1v) is 7.37. The standard InChI is InChI=1S/C16H16N4O4/c1-24-12-7-17-13(20-16(12)23)8-18-14(21)6-10-9-4-2-3-5-11(9)19-15(10)22/h2-5,7,10H,6,8H2,1H3,(H,18,21)(H,19,22)(H,17,20,23). The van der Waals surface area contributed by atoms with Gasteiger partial charge in [0.25, 0.3) is 5.56 Å². The van der Waals surface area contributed by atoms with E-state index in [0.717, 1.165) is 11.3 Å². The van der Waals surface area contributed by atoms with Crippen LogP contribution in [0.3, 0.4) is 0 Å². The number of anilines is 1. The Kier molecular flexibility index (Phi) is 4.28. The third-order valence-corrected chi connectivity index (χ3v) is 3.79. The molecule has 3 N–H and O–H groups in total. The molecule has 1 aromatic carbocycles. The molecular formula is C16H16N4O4. The van der Waals surface area contributed by atoms with Gasteiger partial charge in [0.05, 0.1) is 25.8 Å². The van der Waals surface area contributed by atoms with E-state index in [1.54, 1.807) is 6.07 Å². The number of benzene rings is 1. The van der Waals surface area contributed by atoms with Gasteiger partial charge in [-0.1, -0.05) is 18.2 Å². The van der Waals surface area contributed by atoms with Crippen LogP contribution in [0.15, 0.2) is 35.3 Å². The Morgan fingerprint density at radius 1 is 1.33 bits per heavy atom. The summed E-state index contributed by atoms with van der Waals surface area (Å²) in [6.45, 7) is 0.0635. The molecule has 0 fully saturated rings. The fraction of sp³-hybridized carbons (Fsp3) is 0.250. The highest BCUT2D eigenvalue weighted by atomic mass is 16.5. The van der Waals surface area contributed by atoms with Gasteiger partial charge in [-0.2, -0.15) is 0 Å².